The Hall–Kier alpha value is -0.613. The number of rotatable bonds is 9. The van der Waals surface area contributed by atoms with Gasteiger partial charge < -0.3 is 9.16 Å². The van der Waals surface area contributed by atoms with Crippen LogP contribution in [0.1, 0.15) is 48.5 Å². The molecule has 4 heteroatoms. The Morgan fingerprint density at radius 2 is 1.60 bits per heavy atom. The average Bonchev–Trinajstić information content (AvgIpc) is 2.44. The molecule has 0 aliphatic rings. The zero-order chi connectivity index (χ0) is 15.8. The molecule has 0 amide bonds. The van der Waals surface area contributed by atoms with E-state index < -0.39 is 8.32 Å². The van der Waals surface area contributed by atoms with E-state index in [-0.39, 0.29) is 18.0 Å². The van der Waals surface area contributed by atoms with Gasteiger partial charge in [0.1, 0.15) is 0 Å². The summed E-state index contributed by atoms with van der Waals surface area (Å²) in [6.07, 6.45) is 2.12. The number of carbonyl (C=O) groups is 1. The third-order valence-electron chi connectivity index (χ3n) is 4.22. The molecule has 0 fully saturated rings. The maximum Gasteiger partial charge on any atom is 0.333 e. The van der Waals surface area contributed by atoms with Crippen molar-refractivity contribution in [2.45, 2.75) is 72.7 Å². The van der Waals surface area contributed by atoms with Crippen LogP contribution in [0.3, 0.4) is 0 Å². The number of hydrogen-bond acceptors (Lipinski definition) is 3. The second-order valence-electron chi connectivity index (χ2n) is 5.50. The zero-order valence-electron chi connectivity index (χ0n) is 14.3. The van der Waals surface area contributed by atoms with Crippen LogP contribution in [0, 0.1) is 5.92 Å². The minimum atomic E-state index is -1.58. The highest BCUT2D eigenvalue weighted by Gasteiger charge is 2.31. The van der Waals surface area contributed by atoms with Crippen LogP contribution in [-0.4, -0.2) is 27.0 Å². The number of carbonyl (C=O) groups excluding carboxylic acids is 1. The van der Waals surface area contributed by atoms with Gasteiger partial charge in [-0.15, -0.1) is 0 Å². The largest absolute Gasteiger partial charge is 0.463 e. The van der Waals surface area contributed by atoms with Crippen LogP contribution in [0.25, 0.3) is 0 Å². The van der Waals surface area contributed by atoms with Crippen molar-refractivity contribution in [1.82, 2.24) is 0 Å². The highest BCUT2D eigenvalue weighted by Crippen LogP contribution is 2.26. The van der Waals surface area contributed by atoms with Gasteiger partial charge in [-0.3, -0.25) is 0 Å². The summed E-state index contributed by atoms with van der Waals surface area (Å²) in [5.41, 5.74) is 0.673. The standard InChI is InChI=1S/C16H32O3Si/c1-8-18-16(17)14(6)12-13(5)15(7)19-20(9-2,10-3)11-4/h12-13,15H,8-11H2,1-7H3/b14-12+/t13-,15+/m0/s1. The van der Waals surface area contributed by atoms with Gasteiger partial charge in [-0.05, 0) is 44.8 Å². The Bertz CT molecular complexity index is 313. The Morgan fingerprint density at radius 1 is 1.10 bits per heavy atom. The summed E-state index contributed by atoms with van der Waals surface area (Å²) >= 11 is 0. The lowest BCUT2D eigenvalue weighted by molar-refractivity contribution is -0.138. The van der Waals surface area contributed by atoms with Crippen LogP contribution >= 0.6 is 0 Å². The van der Waals surface area contributed by atoms with Crippen LogP contribution in [0.5, 0.6) is 0 Å². The van der Waals surface area contributed by atoms with Gasteiger partial charge in [0.05, 0.1) is 6.61 Å². The fourth-order valence-corrected chi connectivity index (χ4v) is 5.35. The lowest BCUT2D eigenvalue weighted by Crippen LogP contribution is -2.40. The summed E-state index contributed by atoms with van der Waals surface area (Å²) < 4.78 is 11.4. The monoisotopic (exact) mass is 300 g/mol. The SMILES string of the molecule is CCOC(=O)/C(C)=C/[C@H](C)[C@@H](C)O[Si](CC)(CC)CC. The molecule has 20 heavy (non-hydrogen) atoms. The van der Waals surface area contributed by atoms with E-state index in [0.29, 0.717) is 12.2 Å². The number of ether oxygens (including phenoxy) is 1. The minimum absolute atomic E-state index is 0.144. The molecule has 3 nitrogen and oxygen atoms in total. The molecule has 2 atom stereocenters. The predicted octanol–water partition coefficient (Wildman–Crippen LogP) is 4.54. The lowest BCUT2D eigenvalue weighted by atomic mass is 10.0. The lowest BCUT2D eigenvalue weighted by Gasteiger charge is -2.33. The fraction of sp³-hybridized carbons (Fsp3) is 0.812. The first-order chi connectivity index (χ1) is 9.35. The van der Waals surface area contributed by atoms with Gasteiger partial charge in [-0.1, -0.05) is 33.8 Å². The molecular formula is C16H32O3Si. The average molecular weight is 301 g/mol. The fourth-order valence-electron chi connectivity index (χ4n) is 2.34. The van der Waals surface area contributed by atoms with Crippen molar-refractivity contribution < 1.29 is 14.0 Å². The van der Waals surface area contributed by atoms with Crippen molar-refractivity contribution in [2.75, 3.05) is 6.61 Å². The van der Waals surface area contributed by atoms with Crippen LogP contribution < -0.4 is 0 Å². The second-order valence-corrected chi connectivity index (χ2v) is 10.2. The first-order valence-electron chi connectivity index (χ1n) is 7.89. The highest BCUT2D eigenvalue weighted by atomic mass is 28.4. The van der Waals surface area contributed by atoms with Crippen LogP contribution in [0.2, 0.25) is 18.1 Å². The molecule has 0 bridgehead atoms. The summed E-state index contributed by atoms with van der Waals surface area (Å²) in [6.45, 7) is 15.0. The number of hydrogen-bond donors (Lipinski definition) is 0. The molecule has 0 aliphatic carbocycles. The molecule has 0 spiro atoms. The quantitative estimate of drug-likeness (QED) is 0.356. The smallest absolute Gasteiger partial charge is 0.333 e. The van der Waals surface area contributed by atoms with E-state index in [4.69, 9.17) is 9.16 Å². The molecule has 0 aromatic carbocycles. The molecule has 0 aromatic heterocycles. The van der Waals surface area contributed by atoms with E-state index in [1.54, 1.807) is 0 Å². The summed E-state index contributed by atoms with van der Waals surface area (Å²) in [5.74, 6) is -0.00698. The van der Waals surface area contributed by atoms with Gasteiger partial charge in [0.2, 0.25) is 0 Å². The normalized spacial score (nSPS) is 15.8. The number of esters is 1. The van der Waals surface area contributed by atoms with Crippen molar-refractivity contribution in [1.29, 1.82) is 0 Å². The maximum atomic E-state index is 11.6. The third kappa shape index (κ3) is 5.79. The summed E-state index contributed by atoms with van der Waals surface area (Å²) in [4.78, 5) is 11.6. The van der Waals surface area contributed by atoms with Crippen LogP contribution in [0.15, 0.2) is 11.6 Å². The summed E-state index contributed by atoms with van der Waals surface area (Å²) in [5, 5.41) is 0. The third-order valence-corrected chi connectivity index (χ3v) is 8.96. The van der Waals surface area contributed by atoms with Crippen molar-refractivity contribution in [3.63, 3.8) is 0 Å². The van der Waals surface area contributed by atoms with Gasteiger partial charge in [0, 0.05) is 11.7 Å². The van der Waals surface area contributed by atoms with Crippen molar-refractivity contribution in [3.8, 4) is 0 Å². The molecule has 0 unspecified atom stereocenters. The molecule has 0 radical (unpaired) electrons. The van der Waals surface area contributed by atoms with E-state index >= 15 is 0 Å². The Labute approximate surface area is 125 Å². The first-order valence-corrected chi connectivity index (χ1v) is 10.4. The Balaban J connectivity index is 4.73. The second kappa shape index (κ2) is 9.35. The van der Waals surface area contributed by atoms with E-state index in [1.165, 1.54) is 0 Å². The molecule has 0 aromatic rings. The van der Waals surface area contributed by atoms with Crippen molar-refractivity contribution in [3.05, 3.63) is 11.6 Å². The van der Waals surface area contributed by atoms with E-state index in [2.05, 4.69) is 34.6 Å². The topological polar surface area (TPSA) is 35.5 Å². The van der Waals surface area contributed by atoms with Gasteiger partial charge in [0.15, 0.2) is 8.32 Å². The van der Waals surface area contributed by atoms with E-state index in [1.807, 2.05) is 19.9 Å². The van der Waals surface area contributed by atoms with Gasteiger partial charge in [-0.25, -0.2) is 4.79 Å². The minimum Gasteiger partial charge on any atom is -0.463 e. The Kier molecular flexibility index (Phi) is 9.06. The molecule has 118 valence electrons. The zero-order valence-corrected chi connectivity index (χ0v) is 15.3. The molecule has 0 rings (SSSR count). The van der Waals surface area contributed by atoms with Crippen molar-refractivity contribution in [2.24, 2.45) is 5.92 Å². The predicted molar refractivity (Wildman–Crippen MR) is 87.3 cm³/mol. The molecule has 0 saturated heterocycles. The summed E-state index contributed by atoms with van der Waals surface area (Å²) in [7, 11) is -1.58. The molecule has 0 heterocycles. The molecule has 0 aliphatic heterocycles. The molecule has 0 N–H and O–H groups in total. The maximum absolute atomic E-state index is 11.6. The first kappa shape index (κ1) is 19.4. The van der Waals surface area contributed by atoms with Crippen LogP contribution in [0.4, 0.5) is 0 Å². The van der Waals surface area contributed by atoms with E-state index in [9.17, 15) is 4.79 Å². The van der Waals surface area contributed by atoms with Gasteiger partial charge >= 0.3 is 5.97 Å². The molecule has 0 saturated carbocycles. The Morgan fingerprint density at radius 3 is 2.00 bits per heavy atom. The van der Waals surface area contributed by atoms with Crippen molar-refractivity contribution >= 4 is 14.3 Å². The highest BCUT2D eigenvalue weighted by molar-refractivity contribution is 6.73. The van der Waals surface area contributed by atoms with Gasteiger partial charge in [0.25, 0.3) is 0 Å². The van der Waals surface area contributed by atoms with Crippen LogP contribution in [-0.2, 0) is 14.0 Å². The molecular weight excluding hydrogens is 268 g/mol. The summed E-state index contributed by atoms with van der Waals surface area (Å²) in [6, 6.07) is 3.45. The van der Waals surface area contributed by atoms with E-state index in [0.717, 1.165) is 18.1 Å². The van der Waals surface area contributed by atoms with Gasteiger partial charge in [-0.2, -0.15) is 0 Å².